The molecule has 0 bridgehead atoms. The number of ether oxygens (including phenoxy) is 1. The Bertz CT molecular complexity index is 250. The first kappa shape index (κ1) is 10.8. The van der Waals surface area contributed by atoms with Crippen LogP contribution in [0.3, 0.4) is 0 Å². The fraction of sp³-hybridized carbons (Fsp3) is 0.556. The van der Waals surface area contributed by atoms with E-state index in [4.69, 9.17) is 14.9 Å². The highest BCUT2D eigenvalue weighted by atomic mass is 79.9. The lowest BCUT2D eigenvalue weighted by Crippen LogP contribution is -2.17. The van der Waals surface area contributed by atoms with E-state index in [1.54, 1.807) is 6.26 Å². The van der Waals surface area contributed by atoms with E-state index in [0.29, 0.717) is 11.3 Å². The van der Waals surface area contributed by atoms with Gasteiger partial charge in [0, 0.05) is 12.2 Å². The number of nitrogens with two attached hydrogens (primary N) is 1. The van der Waals surface area contributed by atoms with Crippen molar-refractivity contribution in [2.45, 2.75) is 19.4 Å². The van der Waals surface area contributed by atoms with Crippen LogP contribution in [0.25, 0.3) is 0 Å². The van der Waals surface area contributed by atoms with Crippen molar-refractivity contribution >= 4 is 15.9 Å². The summed E-state index contributed by atoms with van der Waals surface area (Å²) >= 11 is 3.27. The molecule has 1 rings (SSSR count). The molecule has 0 aliphatic heterocycles. The summed E-state index contributed by atoms with van der Waals surface area (Å²) in [6.45, 7) is 3.36. The van der Waals surface area contributed by atoms with Gasteiger partial charge in [0.15, 0.2) is 4.67 Å². The fourth-order valence-electron chi connectivity index (χ4n) is 1.01. The van der Waals surface area contributed by atoms with E-state index >= 15 is 0 Å². The Balaban J connectivity index is 2.39. The molecule has 1 aromatic heterocycles. The summed E-state index contributed by atoms with van der Waals surface area (Å²) < 4.78 is 11.1. The van der Waals surface area contributed by atoms with E-state index in [1.165, 1.54) is 0 Å². The van der Waals surface area contributed by atoms with Gasteiger partial charge in [-0.05, 0) is 28.4 Å². The SMILES string of the molecule is CCCOCC(N)c1ccoc1Br. The second-order valence-electron chi connectivity index (χ2n) is 2.83. The summed E-state index contributed by atoms with van der Waals surface area (Å²) in [4.78, 5) is 0. The first-order valence-electron chi connectivity index (χ1n) is 4.32. The molecule has 0 aliphatic carbocycles. The van der Waals surface area contributed by atoms with E-state index in [9.17, 15) is 0 Å². The van der Waals surface area contributed by atoms with Gasteiger partial charge >= 0.3 is 0 Å². The molecule has 0 amide bonds. The summed E-state index contributed by atoms with van der Waals surface area (Å²) in [5, 5.41) is 0. The fourth-order valence-corrected chi connectivity index (χ4v) is 1.55. The third kappa shape index (κ3) is 3.14. The molecule has 3 nitrogen and oxygen atoms in total. The van der Waals surface area contributed by atoms with Crippen molar-refractivity contribution in [3.05, 3.63) is 22.6 Å². The second kappa shape index (κ2) is 5.42. The number of halogens is 1. The third-order valence-corrected chi connectivity index (χ3v) is 2.34. The highest BCUT2D eigenvalue weighted by molar-refractivity contribution is 9.10. The summed E-state index contributed by atoms with van der Waals surface area (Å²) in [5.41, 5.74) is 6.82. The molecule has 0 aliphatic rings. The highest BCUT2D eigenvalue weighted by Gasteiger charge is 2.11. The van der Waals surface area contributed by atoms with Crippen LogP contribution in [0.2, 0.25) is 0 Å². The molecule has 0 saturated carbocycles. The normalized spacial score (nSPS) is 13.2. The molecular formula is C9H14BrNO2. The molecule has 4 heteroatoms. The maximum Gasteiger partial charge on any atom is 0.173 e. The average Bonchev–Trinajstić information content (AvgIpc) is 2.52. The van der Waals surface area contributed by atoms with Crippen LogP contribution in [0.1, 0.15) is 24.9 Å². The van der Waals surface area contributed by atoms with Gasteiger partial charge in [-0.1, -0.05) is 6.92 Å². The van der Waals surface area contributed by atoms with Gasteiger partial charge < -0.3 is 14.9 Å². The molecule has 0 aromatic carbocycles. The third-order valence-electron chi connectivity index (χ3n) is 1.69. The van der Waals surface area contributed by atoms with Crippen molar-refractivity contribution in [3.8, 4) is 0 Å². The monoisotopic (exact) mass is 247 g/mol. The van der Waals surface area contributed by atoms with Crippen LogP contribution in [0.5, 0.6) is 0 Å². The van der Waals surface area contributed by atoms with E-state index in [1.807, 2.05) is 6.07 Å². The minimum Gasteiger partial charge on any atom is -0.457 e. The van der Waals surface area contributed by atoms with Crippen molar-refractivity contribution in [2.24, 2.45) is 5.73 Å². The first-order chi connectivity index (χ1) is 6.25. The Morgan fingerprint density at radius 3 is 3.00 bits per heavy atom. The van der Waals surface area contributed by atoms with Gasteiger partial charge in [0.25, 0.3) is 0 Å². The molecule has 13 heavy (non-hydrogen) atoms. The van der Waals surface area contributed by atoms with Crippen LogP contribution in [-0.2, 0) is 4.74 Å². The van der Waals surface area contributed by atoms with E-state index in [2.05, 4.69) is 22.9 Å². The summed E-state index contributed by atoms with van der Waals surface area (Å²) in [7, 11) is 0. The van der Waals surface area contributed by atoms with Gasteiger partial charge in [-0.2, -0.15) is 0 Å². The number of furan rings is 1. The Labute approximate surface area is 86.4 Å². The highest BCUT2D eigenvalue weighted by Crippen LogP contribution is 2.22. The lowest BCUT2D eigenvalue weighted by molar-refractivity contribution is 0.121. The molecule has 0 radical (unpaired) electrons. The van der Waals surface area contributed by atoms with E-state index in [0.717, 1.165) is 18.6 Å². The van der Waals surface area contributed by atoms with Crippen molar-refractivity contribution in [1.29, 1.82) is 0 Å². The van der Waals surface area contributed by atoms with Crippen LogP contribution in [-0.4, -0.2) is 13.2 Å². The van der Waals surface area contributed by atoms with Crippen LogP contribution in [0.4, 0.5) is 0 Å². The Kier molecular flexibility index (Phi) is 4.48. The van der Waals surface area contributed by atoms with Crippen molar-refractivity contribution < 1.29 is 9.15 Å². The molecule has 2 N–H and O–H groups in total. The maximum absolute atomic E-state index is 5.87. The van der Waals surface area contributed by atoms with Gasteiger partial charge in [0.05, 0.1) is 18.9 Å². The van der Waals surface area contributed by atoms with Gasteiger partial charge in [-0.15, -0.1) is 0 Å². The molecule has 1 aromatic rings. The lowest BCUT2D eigenvalue weighted by Gasteiger charge is -2.09. The standard InChI is InChI=1S/C9H14BrNO2/c1-2-4-12-6-8(11)7-3-5-13-9(7)10/h3,5,8H,2,4,6,11H2,1H3. The number of hydrogen-bond acceptors (Lipinski definition) is 3. The van der Waals surface area contributed by atoms with Crippen LogP contribution in [0.15, 0.2) is 21.4 Å². The molecule has 1 unspecified atom stereocenters. The zero-order chi connectivity index (χ0) is 9.68. The summed E-state index contributed by atoms with van der Waals surface area (Å²) in [5.74, 6) is 0. The largest absolute Gasteiger partial charge is 0.457 e. The van der Waals surface area contributed by atoms with Crippen molar-refractivity contribution in [2.75, 3.05) is 13.2 Å². The Morgan fingerprint density at radius 1 is 1.69 bits per heavy atom. The molecule has 1 atom stereocenters. The minimum absolute atomic E-state index is 0.111. The first-order valence-corrected chi connectivity index (χ1v) is 5.11. The predicted molar refractivity (Wildman–Crippen MR) is 54.4 cm³/mol. The molecule has 74 valence electrons. The quantitative estimate of drug-likeness (QED) is 0.814. The van der Waals surface area contributed by atoms with Crippen LogP contribution < -0.4 is 5.73 Å². The van der Waals surface area contributed by atoms with E-state index < -0.39 is 0 Å². The molecule has 1 heterocycles. The molecule has 0 spiro atoms. The van der Waals surface area contributed by atoms with Gasteiger partial charge in [-0.25, -0.2) is 0 Å². The predicted octanol–water partition coefficient (Wildman–Crippen LogP) is 2.47. The van der Waals surface area contributed by atoms with Gasteiger partial charge in [0.2, 0.25) is 0 Å². The average molecular weight is 248 g/mol. The Hall–Kier alpha value is -0.320. The topological polar surface area (TPSA) is 48.4 Å². The zero-order valence-corrected chi connectivity index (χ0v) is 9.21. The lowest BCUT2D eigenvalue weighted by atomic mass is 10.2. The number of hydrogen-bond donors (Lipinski definition) is 1. The summed E-state index contributed by atoms with van der Waals surface area (Å²) in [6, 6.07) is 1.74. The molecule has 0 fully saturated rings. The molecular weight excluding hydrogens is 234 g/mol. The maximum atomic E-state index is 5.87. The van der Waals surface area contributed by atoms with E-state index in [-0.39, 0.29) is 6.04 Å². The summed E-state index contributed by atoms with van der Waals surface area (Å²) in [6.07, 6.45) is 2.62. The second-order valence-corrected chi connectivity index (χ2v) is 3.55. The van der Waals surface area contributed by atoms with Gasteiger partial charge in [0.1, 0.15) is 0 Å². The van der Waals surface area contributed by atoms with Crippen LogP contribution >= 0.6 is 15.9 Å². The molecule has 0 saturated heterocycles. The zero-order valence-electron chi connectivity index (χ0n) is 7.63. The van der Waals surface area contributed by atoms with Crippen LogP contribution in [0, 0.1) is 0 Å². The number of rotatable bonds is 5. The smallest absolute Gasteiger partial charge is 0.173 e. The van der Waals surface area contributed by atoms with Crippen molar-refractivity contribution in [3.63, 3.8) is 0 Å². The van der Waals surface area contributed by atoms with Gasteiger partial charge in [-0.3, -0.25) is 0 Å². The Morgan fingerprint density at radius 2 is 2.46 bits per heavy atom. The minimum atomic E-state index is -0.111. The van der Waals surface area contributed by atoms with Crippen molar-refractivity contribution in [1.82, 2.24) is 0 Å².